The average Bonchev–Trinajstić information content (AvgIpc) is 2.56. The van der Waals surface area contributed by atoms with Crippen LogP contribution in [0.4, 0.5) is 11.4 Å². The Morgan fingerprint density at radius 1 is 1.11 bits per heavy atom. The number of rotatable bonds is 8. The third kappa shape index (κ3) is 6.44. The SMILES string of the molecule is COc1ccc(N(CCCC(=O)Nc2cc(Cl)cc(Cl)c2)S(C)(=O)=O)cc1Cl. The number of methoxy groups -OCH3 is 1. The van der Waals surface area contributed by atoms with E-state index in [9.17, 15) is 13.2 Å². The molecule has 0 fully saturated rings. The molecule has 0 radical (unpaired) electrons. The van der Waals surface area contributed by atoms with Crippen LogP contribution in [-0.2, 0) is 14.8 Å². The van der Waals surface area contributed by atoms with Gasteiger partial charge >= 0.3 is 0 Å². The molecule has 10 heteroatoms. The number of sulfonamides is 1. The highest BCUT2D eigenvalue weighted by Gasteiger charge is 2.19. The summed E-state index contributed by atoms with van der Waals surface area (Å²) in [5.74, 6) is 0.165. The molecule has 0 saturated carbocycles. The van der Waals surface area contributed by atoms with Crippen LogP contribution < -0.4 is 14.4 Å². The zero-order valence-electron chi connectivity index (χ0n) is 15.2. The van der Waals surface area contributed by atoms with E-state index in [1.807, 2.05) is 0 Å². The molecule has 0 aliphatic rings. The van der Waals surface area contributed by atoms with E-state index >= 15 is 0 Å². The molecule has 0 atom stereocenters. The van der Waals surface area contributed by atoms with Crippen LogP contribution in [0.2, 0.25) is 15.1 Å². The van der Waals surface area contributed by atoms with Crippen LogP contribution in [0.5, 0.6) is 5.75 Å². The summed E-state index contributed by atoms with van der Waals surface area (Å²) in [5.41, 5.74) is 0.875. The lowest BCUT2D eigenvalue weighted by atomic mass is 10.2. The van der Waals surface area contributed by atoms with Gasteiger partial charge in [0.1, 0.15) is 5.75 Å². The summed E-state index contributed by atoms with van der Waals surface area (Å²) in [6.07, 6.45) is 1.51. The molecular weight excluding hydrogens is 447 g/mol. The van der Waals surface area contributed by atoms with Crippen molar-refractivity contribution in [2.45, 2.75) is 12.8 Å². The number of carbonyl (C=O) groups excluding carboxylic acids is 1. The first kappa shape index (κ1) is 22.6. The summed E-state index contributed by atoms with van der Waals surface area (Å²) in [6, 6.07) is 9.41. The largest absolute Gasteiger partial charge is 0.495 e. The fraction of sp³-hybridized carbons (Fsp3) is 0.278. The zero-order chi connectivity index (χ0) is 20.9. The predicted molar refractivity (Wildman–Crippen MR) is 115 cm³/mol. The minimum absolute atomic E-state index is 0.111. The second kappa shape index (κ2) is 9.69. The van der Waals surface area contributed by atoms with Gasteiger partial charge in [-0.25, -0.2) is 8.42 Å². The Kier molecular flexibility index (Phi) is 7.83. The van der Waals surface area contributed by atoms with Crippen LogP contribution in [0, 0.1) is 0 Å². The van der Waals surface area contributed by atoms with Crippen molar-refractivity contribution in [1.82, 2.24) is 0 Å². The van der Waals surface area contributed by atoms with E-state index < -0.39 is 10.0 Å². The summed E-state index contributed by atoms with van der Waals surface area (Å²) in [5, 5.41) is 3.79. The van der Waals surface area contributed by atoms with Crippen molar-refractivity contribution in [3.05, 3.63) is 51.5 Å². The quantitative estimate of drug-likeness (QED) is 0.605. The van der Waals surface area contributed by atoms with Gasteiger partial charge < -0.3 is 10.1 Å². The van der Waals surface area contributed by atoms with Gasteiger partial charge in [-0.15, -0.1) is 0 Å². The number of hydrogen-bond acceptors (Lipinski definition) is 4. The molecule has 152 valence electrons. The third-order valence-electron chi connectivity index (χ3n) is 3.74. The Labute approximate surface area is 179 Å². The molecule has 0 aliphatic carbocycles. The van der Waals surface area contributed by atoms with Crippen LogP contribution in [0.15, 0.2) is 36.4 Å². The number of benzene rings is 2. The number of carbonyl (C=O) groups is 1. The Balaban J connectivity index is 2.02. The van der Waals surface area contributed by atoms with E-state index in [2.05, 4.69) is 5.32 Å². The smallest absolute Gasteiger partial charge is 0.232 e. The molecule has 6 nitrogen and oxygen atoms in total. The van der Waals surface area contributed by atoms with Crippen molar-refractivity contribution in [3.63, 3.8) is 0 Å². The lowest BCUT2D eigenvalue weighted by Crippen LogP contribution is -2.31. The molecule has 28 heavy (non-hydrogen) atoms. The van der Waals surface area contributed by atoms with E-state index in [1.165, 1.54) is 17.5 Å². The van der Waals surface area contributed by atoms with Crippen molar-refractivity contribution in [1.29, 1.82) is 0 Å². The van der Waals surface area contributed by atoms with Gasteiger partial charge in [0.05, 0.1) is 24.1 Å². The van der Waals surface area contributed by atoms with Crippen LogP contribution in [0.25, 0.3) is 0 Å². The highest BCUT2D eigenvalue weighted by Crippen LogP contribution is 2.30. The molecule has 0 unspecified atom stereocenters. The van der Waals surface area contributed by atoms with Crippen molar-refractivity contribution < 1.29 is 17.9 Å². The topological polar surface area (TPSA) is 75.7 Å². The first-order chi connectivity index (χ1) is 13.1. The molecule has 2 aromatic carbocycles. The van der Waals surface area contributed by atoms with Gasteiger partial charge in [0, 0.05) is 28.7 Å². The van der Waals surface area contributed by atoms with Gasteiger partial charge in [0.25, 0.3) is 0 Å². The molecule has 0 bridgehead atoms. The Morgan fingerprint density at radius 3 is 2.29 bits per heavy atom. The lowest BCUT2D eigenvalue weighted by molar-refractivity contribution is -0.116. The fourth-order valence-electron chi connectivity index (χ4n) is 2.53. The van der Waals surface area contributed by atoms with E-state index in [1.54, 1.807) is 30.3 Å². The predicted octanol–water partition coefficient (Wildman–Crippen LogP) is 4.84. The van der Waals surface area contributed by atoms with E-state index in [0.717, 1.165) is 6.26 Å². The number of hydrogen-bond donors (Lipinski definition) is 1. The Bertz CT molecular complexity index is 947. The van der Waals surface area contributed by atoms with Gasteiger partial charge in [-0.1, -0.05) is 34.8 Å². The first-order valence-electron chi connectivity index (χ1n) is 8.17. The number of amides is 1. The van der Waals surface area contributed by atoms with E-state index in [0.29, 0.717) is 38.6 Å². The summed E-state index contributed by atoms with van der Waals surface area (Å²) >= 11 is 17.9. The van der Waals surface area contributed by atoms with Crippen molar-refractivity contribution in [2.24, 2.45) is 0 Å². The van der Waals surface area contributed by atoms with E-state index in [-0.39, 0.29) is 18.9 Å². The van der Waals surface area contributed by atoms with Gasteiger partial charge in [-0.05, 0) is 42.8 Å². The lowest BCUT2D eigenvalue weighted by Gasteiger charge is -2.23. The molecule has 0 aliphatic heterocycles. The third-order valence-corrected chi connectivity index (χ3v) is 5.66. The molecule has 1 amide bonds. The molecule has 0 spiro atoms. The van der Waals surface area contributed by atoms with Gasteiger partial charge in [0.2, 0.25) is 15.9 Å². The van der Waals surface area contributed by atoms with Crippen molar-refractivity contribution >= 4 is 62.1 Å². The van der Waals surface area contributed by atoms with Gasteiger partial charge in [0.15, 0.2) is 0 Å². The molecule has 0 heterocycles. The summed E-state index contributed by atoms with van der Waals surface area (Å²) < 4.78 is 30.6. The first-order valence-corrected chi connectivity index (χ1v) is 11.2. The van der Waals surface area contributed by atoms with Crippen molar-refractivity contribution in [2.75, 3.05) is 29.5 Å². The number of ether oxygens (including phenoxy) is 1. The summed E-state index contributed by atoms with van der Waals surface area (Å²) in [7, 11) is -2.08. The fourth-order valence-corrected chi connectivity index (χ4v) is 4.26. The second-order valence-electron chi connectivity index (χ2n) is 5.96. The minimum atomic E-state index is -3.56. The Hall–Kier alpha value is -1.67. The monoisotopic (exact) mass is 464 g/mol. The molecule has 2 aromatic rings. The highest BCUT2D eigenvalue weighted by molar-refractivity contribution is 7.92. The second-order valence-corrected chi connectivity index (χ2v) is 9.15. The maximum Gasteiger partial charge on any atom is 0.232 e. The summed E-state index contributed by atoms with van der Waals surface area (Å²) in [4.78, 5) is 12.1. The van der Waals surface area contributed by atoms with Crippen LogP contribution in [0.1, 0.15) is 12.8 Å². The molecule has 0 aromatic heterocycles. The number of nitrogens with one attached hydrogen (secondary N) is 1. The van der Waals surface area contributed by atoms with Gasteiger partial charge in [-0.2, -0.15) is 0 Å². The zero-order valence-corrected chi connectivity index (χ0v) is 18.3. The molecular formula is C18H19Cl3N2O4S. The number of halogens is 3. The van der Waals surface area contributed by atoms with Gasteiger partial charge in [-0.3, -0.25) is 9.10 Å². The summed E-state index contributed by atoms with van der Waals surface area (Å²) in [6.45, 7) is 0.116. The standard InChI is InChI=1S/C18H19Cl3N2O4S/c1-27-17-6-5-15(11-16(17)21)23(28(2,25)26)7-3-4-18(24)22-14-9-12(19)8-13(20)10-14/h5-6,8-11H,3-4,7H2,1-2H3,(H,22,24). The van der Waals surface area contributed by atoms with E-state index in [4.69, 9.17) is 39.5 Å². The van der Waals surface area contributed by atoms with Crippen LogP contribution >= 0.6 is 34.8 Å². The maximum atomic E-state index is 12.2. The van der Waals surface area contributed by atoms with Crippen LogP contribution in [-0.4, -0.2) is 34.2 Å². The van der Waals surface area contributed by atoms with Crippen molar-refractivity contribution in [3.8, 4) is 5.75 Å². The number of anilines is 2. The molecule has 0 saturated heterocycles. The normalized spacial score (nSPS) is 11.2. The minimum Gasteiger partial charge on any atom is -0.495 e. The molecule has 1 N–H and O–H groups in total. The Morgan fingerprint density at radius 2 is 1.75 bits per heavy atom. The molecule has 2 rings (SSSR count). The number of nitrogens with zero attached hydrogens (tertiary/aromatic N) is 1. The van der Waals surface area contributed by atoms with Crippen LogP contribution in [0.3, 0.4) is 0 Å². The average molecular weight is 466 g/mol. The highest BCUT2D eigenvalue weighted by atomic mass is 35.5. The maximum absolute atomic E-state index is 12.2.